The lowest BCUT2D eigenvalue weighted by Crippen LogP contribution is -2.34. The summed E-state index contributed by atoms with van der Waals surface area (Å²) >= 11 is 0. The Morgan fingerprint density at radius 3 is 2.61 bits per heavy atom. The SMILES string of the molecule is C=C(C(=O)Oc1ccccc1)C1(O)C=CC=CC1. The number of para-hydroxylation sites is 1. The summed E-state index contributed by atoms with van der Waals surface area (Å²) in [7, 11) is 0. The second-order valence-corrected chi connectivity index (χ2v) is 4.10. The van der Waals surface area contributed by atoms with Crippen molar-refractivity contribution in [3.8, 4) is 5.75 Å². The maximum Gasteiger partial charge on any atom is 0.342 e. The van der Waals surface area contributed by atoms with Crippen LogP contribution in [0.15, 0.2) is 66.8 Å². The molecular weight excluding hydrogens is 228 g/mol. The van der Waals surface area contributed by atoms with E-state index in [0.29, 0.717) is 12.2 Å². The van der Waals surface area contributed by atoms with Crippen LogP contribution in [0.25, 0.3) is 0 Å². The normalized spacial score (nSPS) is 21.6. The van der Waals surface area contributed by atoms with Gasteiger partial charge in [-0.05, 0) is 18.2 Å². The average molecular weight is 242 g/mol. The first-order valence-corrected chi connectivity index (χ1v) is 5.65. The van der Waals surface area contributed by atoms with Crippen molar-refractivity contribution in [2.45, 2.75) is 12.0 Å². The molecule has 1 aliphatic rings. The van der Waals surface area contributed by atoms with Gasteiger partial charge < -0.3 is 9.84 Å². The molecule has 2 rings (SSSR count). The number of benzene rings is 1. The maximum absolute atomic E-state index is 11.9. The molecule has 0 aliphatic heterocycles. The topological polar surface area (TPSA) is 46.5 Å². The van der Waals surface area contributed by atoms with E-state index in [4.69, 9.17) is 4.74 Å². The molecule has 1 atom stereocenters. The van der Waals surface area contributed by atoms with Gasteiger partial charge in [-0.25, -0.2) is 4.79 Å². The van der Waals surface area contributed by atoms with E-state index in [1.165, 1.54) is 0 Å². The molecule has 18 heavy (non-hydrogen) atoms. The minimum atomic E-state index is -1.35. The number of rotatable bonds is 3. The summed E-state index contributed by atoms with van der Waals surface area (Å²) in [5.41, 5.74) is -1.31. The lowest BCUT2D eigenvalue weighted by Gasteiger charge is -2.25. The monoisotopic (exact) mass is 242 g/mol. The van der Waals surface area contributed by atoms with Crippen LogP contribution < -0.4 is 4.74 Å². The summed E-state index contributed by atoms with van der Waals surface area (Å²) in [6.45, 7) is 3.64. The van der Waals surface area contributed by atoms with Gasteiger partial charge in [0.1, 0.15) is 11.4 Å². The quantitative estimate of drug-likeness (QED) is 0.503. The molecule has 1 aromatic rings. The molecule has 1 aromatic carbocycles. The molecule has 0 radical (unpaired) electrons. The third kappa shape index (κ3) is 2.57. The zero-order chi connectivity index (χ0) is 13.0. The summed E-state index contributed by atoms with van der Waals surface area (Å²) in [5, 5.41) is 10.2. The second kappa shape index (κ2) is 5.02. The van der Waals surface area contributed by atoms with Crippen LogP contribution in [0.1, 0.15) is 6.42 Å². The highest BCUT2D eigenvalue weighted by molar-refractivity contribution is 5.92. The predicted molar refractivity (Wildman–Crippen MR) is 69.1 cm³/mol. The number of hydrogen-bond acceptors (Lipinski definition) is 3. The molecule has 1 N–H and O–H groups in total. The van der Waals surface area contributed by atoms with E-state index < -0.39 is 11.6 Å². The van der Waals surface area contributed by atoms with Crippen molar-refractivity contribution in [3.63, 3.8) is 0 Å². The maximum atomic E-state index is 11.9. The molecule has 0 aromatic heterocycles. The van der Waals surface area contributed by atoms with Gasteiger partial charge in [0.15, 0.2) is 0 Å². The average Bonchev–Trinajstić information content (AvgIpc) is 2.40. The first-order chi connectivity index (χ1) is 8.62. The Kier molecular flexibility index (Phi) is 3.44. The zero-order valence-corrected chi connectivity index (χ0v) is 9.87. The van der Waals surface area contributed by atoms with Gasteiger partial charge in [0.2, 0.25) is 0 Å². The predicted octanol–water partition coefficient (Wildman–Crippen LogP) is 2.40. The Morgan fingerprint density at radius 1 is 1.28 bits per heavy atom. The fourth-order valence-corrected chi connectivity index (χ4v) is 1.67. The van der Waals surface area contributed by atoms with Crippen molar-refractivity contribution >= 4 is 5.97 Å². The highest BCUT2D eigenvalue weighted by Gasteiger charge is 2.32. The highest BCUT2D eigenvalue weighted by Crippen LogP contribution is 2.26. The summed E-state index contributed by atoms with van der Waals surface area (Å²) in [5.74, 6) is -0.189. The number of ether oxygens (including phenoxy) is 1. The van der Waals surface area contributed by atoms with E-state index >= 15 is 0 Å². The van der Waals surface area contributed by atoms with Gasteiger partial charge in [-0.15, -0.1) is 0 Å². The van der Waals surface area contributed by atoms with E-state index in [-0.39, 0.29) is 5.57 Å². The molecule has 92 valence electrons. The van der Waals surface area contributed by atoms with Crippen LogP contribution in [-0.2, 0) is 4.79 Å². The van der Waals surface area contributed by atoms with E-state index in [9.17, 15) is 9.90 Å². The molecule has 0 heterocycles. The number of aliphatic hydroxyl groups is 1. The van der Waals surface area contributed by atoms with Gasteiger partial charge in [0.05, 0.1) is 5.57 Å². The smallest absolute Gasteiger partial charge is 0.342 e. The van der Waals surface area contributed by atoms with Crippen LogP contribution in [0.3, 0.4) is 0 Å². The van der Waals surface area contributed by atoms with Crippen LogP contribution in [0, 0.1) is 0 Å². The van der Waals surface area contributed by atoms with Gasteiger partial charge in [-0.1, -0.05) is 43.0 Å². The first-order valence-electron chi connectivity index (χ1n) is 5.65. The number of carbonyl (C=O) groups is 1. The van der Waals surface area contributed by atoms with Crippen molar-refractivity contribution in [1.82, 2.24) is 0 Å². The van der Waals surface area contributed by atoms with Crippen LogP contribution in [0.2, 0.25) is 0 Å². The van der Waals surface area contributed by atoms with Crippen molar-refractivity contribution in [2.24, 2.45) is 0 Å². The molecule has 0 spiro atoms. The van der Waals surface area contributed by atoms with E-state index in [1.807, 2.05) is 12.1 Å². The lowest BCUT2D eigenvalue weighted by atomic mass is 9.88. The molecule has 1 aliphatic carbocycles. The zero-order valence-electron chi connectivity index (χ0n) is 9.87. The van der Waals surface area contributed by atoms with Gasteiger partial charge in [-0.3, -0.25) is 0 Å². The van der Waals surface area contributed by atoms with Crippen molar-refractivity contribution < 1.29 is 14.6 Å². The minimum absolute atomic E-state index is 0.0342. The number of allylic oxidation sites excluding steroid dienone is 2. The van der Waals surface area contributed by atoms with Crippen LogP contribution in [0.4, 0.5) is 0 Å². The van der Waals surface area contributed by atoms with Crippen molar-refractivity contribution in [1.29, 1.82) is 0 Å². The summed E-state index contributed by atoms with van der Waals surface area (Å²) < 4.78 is 5.14. The molecule has 0 amide bonds. The van der Waals surface area contributed by atoms with Gasteiger partial charge in [0, 0.05) is 6.42 Å². The third-order valence-corrected chi connectivity index (χ3v) is 2.77. The van der Waals surface area contributed by atoms with E-state index in [1.54, 1.807) is 42.5 Å². The lowest BCUT2D eigenvalue weighted by molar-refractivity contribution is -0.131. The van der Waals surface area contributed by atoms with E-state index in [2.05, 4.69) is 6.58 Å². The van der Waals surface area contributed by atoms with Crippen molar-refractivity contribution in [2.75, 3.05) is 0 Å². The fourth-order valence-electron chi connectivity index (χ4n) is 1.67. The van der Waals surface area contributed by atoms with Gasteiger partial charge >= 0.3 is 5.97 Å². The Bertz CT molecular complexity index is 514. The Hall–Kier alpha value is -2.13. The van der Waals surface area contributed by atoms with Gasteiger partial charge in [-0.2, -0.15) is 0 Å². The molecule has 0 saturated carbocycles. The summed E-state index contributed by atoms with van der Waals surface area (Å²) in [4.78, 5) is 11.9. The summed E-state index contributed by atoms with van der Waals surface area (Å²) in [6.07, 6.45) is 7.14. The minimum Gasteiger partial charge on any atom is -0.423 e. The fraction of sp³-hybridized carbons (Fsp3) is 0.133. The standard InChI is InChI=1S/C15H14O3/c1-12(15(17)10-6-3-7-11-15)14(16)18-13-8-4-2-5-9-13/h2-10,17H,1,11H2. The number of carbonyl (C=O) groups excluding carboxylic acids is 1. The van der Waals surface area contributed by atoms with E-state index in [0.717, 1.165) is 0 Å². The Morgan fingerprint density at radius 2 is 2.00 bits per heavy atom. The van der Waals surface area contributed by atoms with Crippen LogP contribution >= 0.6 is 0 Å². The molecule has 3 heteroatoms. The molecule has 1 unspecified atom stereocenters. The molecule has 0 fully saturated rings. The summed E-state index contributed by atoms with van der Waals surface area (Å²) in [6, 6.07) is 8.71. The molecule has 0 bridgehead atoms. The Labute approximate surface area is 106 Å². The van der Waals surface area contributed by atoms with Gasteiger partial charge in [0.25, 0.3) is 0 Å². The number of hydrogen-bond donors (Lipinski definition) is 1. The van der Waals surface area contributed by atoms with Crippen molar-refractivity contribution in [3.05, 3.63) is 66.8 Å². The highest BCUT2D eigenvalue weighted by atomic mass is 16.5. The molecular formula is C15H14O3. The van der Waals surface area contributed by atoms with Crippen LogP contribution in [0.5, 0.6) is 5.75 Å². The largest absolute Gasteiger partial charge is 0.423 e. The van der Waals surface area contributed by atoms with Crippen LogP contribution in [-0.4, -0.2) is 16.7 Å². The molecule has 3 nitrogen and oxygen atoms in total. The Balaban J connectivity index is 2.08. The second-order valence-electron chi connectivity index (χ2n) is 4.10. The third-order valence-electron chi connectivity index (χ3n) is 2.77. The first kappa shape index (κ1) is 12.3. The molecule has 0 saturated heterocycles. The number of esters is 1.